The largest absolute Gasteiger partial charge is 0.462 e. The number of ether oxygens (including phenoxy) is 2. The van der Waals surface area contributed by atoms with Crippen LogP contribution in [-0.2, 0) is 14.3 Å². The summed E-state index contributed by atoms with van der Waals surface area (Å²) < 4.78 is 10.4. The molecule has 0 bridgehead atoms. The highest BCUT2D eigenvalue weighted by Gasteiger charge is 2.31. The molecular formula is C19H36O3. The maximum atomic E-state index is 12.0. The molecule has 130 valence electrons. The number of rotatable bonds is 14. The molecule has 0 aromatic heterocycles. The Morgan fingerprint density at radius 2 is 1.50 bits per heavy atom. The van der Waals surface area contributed by atoms with E-state index < -0.39 is 0 Å². The Labute approximate surface area is 137 Å². The van der Waals surface area contributed by atoms with Gasteiger partial charge >= 0.3 is 5.97 Å². The third kappa shape index (κ3) is 9.45. The molecule has 1 heterocycles. The van der Waals surface area contributed by atoms with E-state index in [-0.39, 0.29) is 17.5 Å². The minimum absolute atomic E-state index is 0.0704. The van der Waals surface area contributed by atoms with Crippen molar-refractivity contribution < 1.29 is 14.3 Å². The van der Waals surface area contributed by atoms with Crippen molar-refractivity contribution in [1.29, 1.82) is 0 Å². The van der Waals surface area contributed by atoms with Gasteiger partial charge in [-0.05, 0) is 20.3 Å². The van der Waals surface area contributed by atoms with Crippen molar-refractivity contribution in [1.82, 2.24) is 0 Å². The van der Waals surface area contributed by atoms with Gasteiger partial charge in [0.25, 0.3) is 0 Å². The summed E-state index contributed by atoms with van der Waals surface area (Å²) >= 11 is 0. The molecule has 1 atom stereocenters. The Morgan fingerprint density at radius 1 is 1.00 bits per heavy atom. The fourth-order valence-electron chi connectivity index (χ4n) is 2.68. The SMILES string of the molecule is CCCCCCCCCCCCC(C)(C)C(=O)OCC1CO1. The highest BCUT2D eigenvalue weighted by molar-refractivity contribution is 5.75. The third-order valence-corrected chi connectivity index (χ3v) is 4.51. The van der Waals surface area contributed by atoms with Crippen molar-refractivity contribution in [3.63, 3.8) is 0 Å². The number of epoxide rings is 1. The minimum Gasteiger partial charge on any atom is -0.462 e. The summed E-state index contributed by atoms with van der Waals surface area (Å²) in [4.78, 5) is 12.0. The predicted octanol–water partition coefficient (Wildman–Crippen LogP) is 5.27. The Morgan fingerprint density at radius 3 is 2.00 bits per heavy atom. The normalized spacial score (nSPS) is 17.5. The molecule has 22 heavy (non-hydrogen) atoms. The van der Waals surface area contributed by atoms with Gasteiger partial charge in [0.1, 0.15) is 12.7 Å². The van der Waals surface area contributed by atoms with E-state index in [0.717, 1.165) is 19.4 Å². The van der Waals surface area contributed by atoms with Crippen molar-refractivity contribution in [2.45, 2.75) is 97.5 Å². The summed E-state index contributed by atoms with van der Waals surface area (Å²) in [7, 11) is 0. The van der Waals surface area contributed by atoms with Crippen LogP contribution >= 0.6 is 0 Å². The minimum atomic E-state index is -0.352. The highest BCUT2D eigenvalue weighted by Crippen LogP contribution is 2.26. The van der Waals surface area contributed by atoms with Crippen molar-refractivity contribution in [3.05, 3.63) is 0 Å². The van der Waals surface area contributed by atoms with Gasteiger partial charge in [-0.1, -0.05) is 71.1 Å². The first-order chi connectivity index (χ1) is 10.6. The molecule has 3 heteroatoms. The Hall–Kier alpha value is -0.570. The first kappa shape index (κ1) is 19.5. The summed E-state index contributed by atoms with van der Waals surface area (Å²) in [6.45, 7) is 7.43. The Bertz CT molecular complexity index is 295. The van der Waals surface area contributed by atoms with Gasteiger partial charge in [-0.2, -0.15) is 0 Å². The van der Waals surface area contributed by atoms with Crippen LogP contribution in [0.25, 0.3) is 0 Å². The van der Waals surface area contributed by atoms with E-state index in [1.807, 2.05) is 13.8 Å². The molecule has 0 spiro atoms. The molecule has 0 N–H and O–H groups in total. The molecule has 1 aliphatic heterocycles. The summed E-state index contributed by atoms with van der Waals surface area (Å²) in [6, 6.07) is 0. The molecular weight excluding hydrogens is 276 g/mol. The van der Waals surface area contributed by atoms with Crippen molar-refractivity contribution in [2.24, 2.45) is 5.41 Å². The second kappa shape index (κ2) is 11.0. The number of carbonyl (C=O) groups is 1. The fraction of sp³-hybridized carbons (Fsp3) is 0.947. The first-order valence-electron chi connectivity index (χ1n) is 9.35. The van der Waals surface area contributed by atoms with Crippen LogP contribution in [0.3, 0.4) is 0 Å². The topological polar surface area (TPSA) is 38.8 Å². The maximum absolute atomic E-state index is 12.0. The summed E-state index contributed by atoms with van der Waals surface area (Å²) in [5.41, 5.74) is -0.352. The molecule has 0 aromatic rings. The zero-order chi connectivity index (χ0) is 16.3. The zero-order valence-electron chi connectivity index (χ0n) is 15.0. The molecule has 0 aliphatic carbocycles. The van der Waals surface area contributed by atoms with E-state index >= 15 is 0 Å². The molecule has 0 saturated carbocycles. The van der Waals surface area contributed by atoms with Crippen LogP contribution in [0.15, 0.2) is 0 Å². The van der Waals surface area contributed by atoms with E-state index in [4.69, 9.17) is 9.47 Å². The summed E-state index contributed by atoms with van der Waals surface area (Å²) in [5.74, 6) is -0.0704. The lowest BCUT2D eigenvalue weighted by Gasteiger charge is -2.22. The van der Waals surface area contributed by atoms with E-state index in [2.05, 4.69) is 6.92 Å². The molecule has 1 fully saturated rings. The smallest absolute Gasteiger partial charge is 0.311 e. The maximum Gasteiger partial charge on any atom is 0.311 e. The van der Waals surface area contributed by atoms with Gasteiger partial charge in [-0.25, -0.2) is 0 Å². The van der Waals surface area contributed by atoms with Crippen LogP contribution in [-0.4, -0.2) is 25.3 Å². The van der Waals surface area contributed by atoms with Crippen LogP contribution in [0.4, 0.5) is 0 Å². The quantitative estimate of drug-likeness (QED) is 0.249. The van der Waals surface area contributed by atoms with Crippen molar-refractivity contribution in [3.8, 4) is 0 Å². The number of hydrogen-bond acceptors (Lipinski definition) is 3. The molecule has 1 rings (SSSR count). The van der Waals surface area contributed by atoms with Gasteiger partial charge in [0.15, 0.2) is 0 Å². The zero-order valence-corrected chi connectivity index (χ0v) is 15.0. The van der Waals surface area contributed by atoms with Gasteiger partial charge in [-0.3, -0.25) is 4.79 Å². The van der Waals surface area contributed by atoms with Crippen LogP contribution in [0, 0.1) is 5.41 Å². The molecule has 1 unspecified atom stereocenters. The fourth-order valence-corrected chi connectivity index (χ4v) is 2.68. The van der Waals surface area contributed by atoms with Crippen LogP contribution in [0.2, 0.25) is 0 Å². The average molecular weight is 312 g/mol. The van der Waals surface area contributed by atoms with Crippen LogP contribution in [0.1, 0.15) is 91.4 Å². The van der Waals surface area contributed by atoms with Gasteiger partial charge in [0, 0.05) is 0 Å². The van der Waals surface area contributed by atoms with E-state index in [9.17, 15) is 4.79 Å². The predicted molar refractivity (Wildman–Crippen MR) is 90.9 cm³/mol. The lowest BCUT2D eigenvalue weighted by Crippen LogP contribution is -2.27. The molecule has 0 aromatic carbocycles. The molecule has 1 saturated heterocycles. The monoisotopic (exact) mass is 312 g/mol. The number of unbranched alkanes of at least 4 members (excludes halogenated alkanes) is 9. The molecule has 1 aliphatic rings. The lowest BCUT2D eigenvalue weighted by molar-refractivity contribution is -0.154. The van der Waals surface area contributed by atoms with E-state index in [0.29, 0.717) is 6.61 Å². The van der Waals surface area contributed by atoms with Gasteiger partial charge in [0.05, 0.1) is 12.0 Å². The molecule has 0 radical (unpaired) electrons. The summed E-state index contributed by atoms with van der Waals surface area (Å²) in [6.07, 6.45) is 14.4. The Balaban J connectivity index is 1.92. The molecule has 0 amide bonds. The summed E-state index contributed by atoms with van der Waals surface area (Å²) in [5, 5.41) is 0. The van der Waals surface area contributed by atoms with Crippen molar-refractivity contribution >= 4 is 5.97 Å². The van der Waals surface area contributed by atoms with E-state index in [1.165, 1.54) is 57.8 Å². The number of hydrogen-bond donors (Lipinski definition) is 0. The van der Waals surface area contributed by atoms with Crippen molar-refractivity contribution in [2.75, 3.05) is 13.2 Å². The number of carbonyl (C=O) groups excluding carboxylic acids is 1. The average Bonchev–Trinajstić information content (AvgIpc) is 3.31. The highest BCUT2D eigenvalue weighted by atomic mass is 16.6. The standard InChI is InChI=1S/C19H36O3/c1-4-5-6-7-8-9-10-11-12-13-14-19(2,3)18(20)22-16-17-15-21-17/h17H,4-16H2,1-3H3. The number of esters is 1. The van der Waals surface area contributed by atoms with Gasteiger partial charge in [-0.15, -0.1) is 0 Å². The van der Waals surface area contributed by atoms with Gasteiger partial charge in [0.2, 0.25) is 0 Å². The lowest BCUT2D eigenvalue weighted by atomic mass is 9.87. The Kier molecular flexibility index (Phi) is 9.77. The first-order valence-corrected chi connectivity index (χ1v) is 9.35. The molecule has 3 nitrogen and oxygen atoms in total. The van der Waals surface area contributed by atoms with E-state index in [1.54, 1.807) is 0 Å². The second-order valence-corrected chi connectivity index (χ2v) is 7.37. The van der Waals surface area contributed by atoms with Crippen LogP contribution < -0.4 is 0 Å². The van der Waals surface area contributed by atoms with Gasteiger partial charge < -0.3 is 9.47 Å². The third-order valence-electron chi connectivity index (χ3n) is 4.51. The van der Waals surface area contributed by atoms with Crippen LogP contribution in [0.5, 0.6) is 0 Å². The second-order valence-electron chi connectivity index (χ2n) is 7.37.